The molecule has 0 spiro atoms. The van der Waals surface area contributed by atoms with Gasteiger partial charge in [-0.25, -0.2) is 21.6 Å². The Morgan fingerprint density at radius 2 is 2.15 bits per heavy atom. The fourth-order valence-electron chi connectivity index (χ4n) is 2.33. The second-order valence-corrected chi connectivity index (χ2v) is 10.1. The van der Waals surface area contributed by atoms with Crippen molar-refractivity contribution in [3.05, 3.63) is 16.3 Å². The van der Waals surface area contributed by atoms with Crippen LogP contribution in [-0.2, 0) is 26.4 Å². The molecule has 9 heteroatoms. The average molecular weight is 338 g/mol. The van der Waals surface area contributed by atoms with Crippen molar-refractivity contribution in [2.75, 3.05) is 18.6 Å². The summed E-state index contributed by atoms with van der Waals surface area (Å²) in [6.45, 7) is 2.10. The highest BCUT2D eigenvalue weighted by Gasteiger charge is 2.41. The van der Waals surface area contributed by atoms with Crippen molar-refractivity contribution in [1.82, 2.24) is 10.0 Å². The number of rotatable bonds is 5. The Morgan fingerprint density at radius 1 is 1.45 bits per heavy atom. The lowest BCUT2D eigenvalue weighted by Gasteiger charge is -2.23. The van der Waals surface area contributed by atoms with Gasteiger partial charge in [0.1, 0.15) is 0 Å². The predicted molar refractivity (Wildman–Crippen MR) is 79.1 cm³/mol. The molecule has 0 aromatic carbocycles. The summed E-state index contributed by atoms with van der Waals surface area (Å²) in [5.41, 5.74) is -0.920. The molecule has 2 rings (SSSR count). The highest BCUT2D eigenvalue weighted by Crippen LogP contribution is 2.28. The Labute approximate surface area is 123 Å². The van der Waals surface area contributed by atoms with Crippen molar-refractivity contribution in [3.63, 3.8) is 0 Å². The Bertz CT molecular complexity index is 693. The molecule has 6 nitrogen and oxygen atoms in total. The van der Waals surface area contributed by atoms with Crippen LogP contribution in [0.25, 0.3) is 0 Å². The van der Waals surface area contributed by atoms with Crippen LogP contribution in [0.3, 0.4) is 0 Å². The van der Waals surface area contributed by atoms with E-state index in [1.165, 1.54) is 11.3 Å². The Kier molecular flexibility index (Phi) is 4.27. The second-order valence-electron chi connectivity index (χ2n) is 5.25. The van der Waals surface area contributed by atoms with Gasteiger partial charge in [-0.3, -0.25) is 0 Å². The van der Waals surface area contributed by atoms with Crippen LogP contribution in [0.2, 0.25) is 0 Å². The first-order valence-corrected chi connectivity index (χ1v) is 10.3. The third kappa shape index (κ3) is 3.40. The zero-order chi connectivity index (χ0) is 15.0. The summed E-state index contributed by atoms with van der Waals surface area (Å²) in [7, 11) is -5.11. The smallest absolute Gasteiger partial charge is 0.242 e. The Balaban J connectivity index is 2.26. The monoisotopic (exact) mass is 338 g/mol. The van der Waals surface area contributed by atoms with Gasteiger partial charge in [-0.05, 0) is 31.8 Å². The first-order chi connectivity index (χ1) is 9.18. The molecule has 1 fully saturated rings. The van der Waals surface area contributed by atoms with E-state index in [1.807, 2.05) is 0 Å². The summed E-state index contributed by atoms with van der Waals surface area (Å²) in [5.74, 6) is -0.121. The minimum absolute atomic E-state index is 0.0268. The van der Waals surface area contributed by atoms with Gasteiger partial charge in [0.05, 0.1) is 16.4 Å². The molecule has 1 aromatic heterocycles. The van der Waals surface area contributed by atoms with Crippen molar-refractivity contribution in [2.45, 2.75) is 30.3 Å². The summed E-state index contributed by atoms with van der Waals surface area (Å²) in [6, 6.07) is 1.55. The van der Waals surface area contributed by atoms with Crippen LogP contribution >= 0.6 is 11.3 Å². The van der Waals surface area contributed by atoms with E-state index >= 15 is 0 Å². The quantitative estimate of drug-likeness (QED) is 0.807. The highest BCUT2D eigenvalue weighted by atomic mass is 32.2. The zero-order valence-corrected chi connectivity index (χ0v) is 13.8. The molecule has 0 saturated carbocycles. The summed E-state index contributed by atoms with van der Waals surface area (Å²) in [5, 5.41) is 4.64. The largest absolute Gasteiger partial charge is 0.315 e. The molecule has 1 unspecified atom stereocenters. The lowest BCUT2D eigenvalue weighted by Crippen LogP contribution is -2.46. The summed E-state index contributed by atoms with van der Waals surface area (Å²) in [4.78, 5) is 0.937. The van der Waals surface area contributed by atoms with Crippen molar-refractivity contribution < 1.29 is 16.8 Å². The minimum Gasteiger partial charge on any atom is -0.315 e. The number of sulfonamides is 1. The van der Waals surface area contributed by atoms with Crippen LogP contribution in [0.1, 0.15) is 18.2 Å². The van der Waals surface area contributed by atoms with E-state index < -0.39 is 25.4 Å². The fraction of sp³-hybridized carbons (Fsp3) is 0.636. The van der Waals surface area contributed by atoms with Gasteiger partial charge >= 0.3 is 0 Å². The van der Waals surface area contributed by atoms with E-state index in [1.54, 1.807) is 25.4 Å². The lowest BCUT2D eigenvalue weighted by atomic mass is 10.0. The van der Waals surface area contributed by atoms with Gasteiger partial charge in [-0.15, -0.1) is 11.3 Å². The summed E-state index contributed by atoms with van der Waals surface area (Å²) in [6.07, 6.45) is 0.306. The van der Waals surface area contributed by atoms with Gasteiger partial charge in [-0.2, -0.15) is 0 Å². The van der Waals surface area contributed by atoms with Crippen molar-refractivity contribution in [1.29, 1.82) is 0 Å². The maximum atomic E-state index is 12.4. The maximum Gasteiger partial charge on any atom is 0.242 e. The number of sulfone groups is 1. The fourth-order valence-corrected chi connectivity index (χ4v) is 7.40. The molecule has 0 radical (unpaired) electrons. The van der Waals surface area contributed by atoms with Crippen LogP contribution in [0.5, 0.6) is 0 Å². The number of hydrogen-bond acceptors (Lipinski definition) is 6. The Morgan fingerprint density at radius 3 is 2.70 bits per heavy atom. The molecule has 1 atom stereocenters. The molecule has 1 aromatic rings. The van der Waals surface area contributed by atoms with Gasteiger partial charge in [-0.1, -0.05) is 0 Å². The van der Waals surface area contributed by atoms with Crippen molar-refractivity contribution in [3.8, 4) is 0 Å². The first kappa shape index (κ1) is 15.9. The zero-order valence-electron chi connectivity index (χ0n) is 11.3. The highest BCUT2D eigenvalue weighted by molar-refractivity contribution is 7.92. The Hall–Kier alpha value is -0.480. The standard InChI is InChI=1S/C11H18N2O4S3/c1-11(4-6-19(14,15)8-11)13-20(16,17)10-3-5-18-9(10)7-12-2/h3,5,12-13H,4,6-8H2,1-2H3. The molecular formula is C11H18N2O4S3. The van der Waals surface area contributed by atoms with Crippen molar-refractivity contribution >= 4 is 31.2 Å². The third-order valence-corrected chi connectivity index (χ3v) is 7.89. The average Bonchev–Trinajstić information content (AvgIpc) is 2.84. The molecule has 2 heterocycles. The van der Waals surface area contributed by atoms with Gasteiger partial charge in [0.15, 0.2) is 9.84 Å². The second kappa shape index (κ2) is 5.38. The molecule has 2 N–H and O–H groups in total. The topological polar surface area (TPSA) is 92.3 Å². The molecule has 0 aliphatic carbocycles. The van der Waals surface area contributed by atoms with E-state index in [9.17, 15) is 16.8 Å². The van der Waals surface area contributed by atoms with Gasteiger partial charge in [0.2, 0.25) is 10.0 Å². The van der Waals surface area contributed by atoms with Crippen LogP contribution in [0, 0.1) is 0 Å². The van der Waals surface area contributed by atoms with Gasteiger partial charge in [0.25, 0.3) is 0 Å². The predicted octanol–water partition coefficient (Wildman–Crippen LogP) is 0.323. The minimum atomic E-state index is -3.71. The lowest BCUT2D eigenvalue weighted by molar-refractivity contribution is 0.461. The van der Waals surface area contributed by atoms with E-state index in [0.717, 1.165) is 0 Å². The van der Waals surface area contributed by atoms with Crippen LogP contribution in [0.15, 0.2) is 16.3 Å². The van der Waals surface area contributed by atoms with Gasteiger partial charge < -0.3 is 5.32 Å². The molecule has 1 saturated heterocycles. The molecule has 0 bridgehead atoms. The normalized spacial score (nSPS) is 25.9. The van der Waals surface area contributed by atoms with E-state index in [4.69, 9.17) is 0 Å². The van der Waals surface area contributed by atoms with E-state index in [2.05, 4.69) is 10.0 Å². The summed E-state index contributed by atoms with van der Waals surface area (Å²) >= 11 is 1.36. The maximum absolute atomic E-state index is 12.4. The number of thiophene rings is 1. The van der Waals surface area contributed by atoms with E-state index in [-0.39, 0.29) is 16.4 Å². The van der Waals surface area contributed by atoms with E-state index in [0.29, 0.717) is 17.8 Å². The van der Waals surface area contributed by atoms with Gasteiger partial charge in [0, 0.05) is 17.0 Å². The van der Waals surface area contributed by atoms with Crippen LogP contribution in [-0.4, -0.2) is 40.9 Å². The molecule has 1 aliphatic heterocycles. The molecule has 1 aliphatic rings. The number of hydrogen-bond donors (Lipinski definition) is 2. The van der Waals surface area contributed by atoms with Crippen LogP contribution in [0.4, 0.5) is 0 Å². The molecule has 0 amide bonds. The molecule has 20 heavy (non-hydrogen) atoms. The SMILES string of the molecule is CNCc1sccc1S(=O)(=O)NC1(C)CCS(=O)(=O)C1. The number of nitrogens with one attached hydrogen (secondary N) is 2. The molecule has 114 valence electrons. The summed E-state index contributed by atoms with van der Waals surface area (Å²) < 4.78 is 50.5. The van der Waals surface area contributed by atoms with Crippen molar-refractivity contribution in [2.24, 2.45) is 0 Å². The first-order valence-electron chi connectivity index (χ1n) is 6.13. The van der Waals surface area contributed by atoms with Crippen LogP contribution < -0.4 is 10.0 Å². The third-order valence-electron chi connectivity index (χ3n) is 3.22. The molecular weight excluding hydrogens is 320 g/mol.